The maximum absolute atomic E-state index is 13.4. The van der Waals surface area contributed by atoms with Crippen LogP contribution in [-0.2, 0) is 10.0 Å². The Kier molecular flexibility index (Phi) is 5.21. The summed E-state index contributed by atoms with van der Waals surface area (Å²) in [5, 5.41) is 11.1. The van der Waals surface area contributed by atoms with Crippen LogP contribution in [0.3, 0.4) is 0 Å². The summed E-state index contributed by atoms with van der Waals surface area (Å²) in [5.41, 5.74) is 2.80. The van der Waals surface area contributed by atoms with Crippen molar-refractivity contribution in [1.82, 2.24) is 4.31 Å². The Morgan fingerprint density at radius 2 is 1.81 bits per heavy atom. The van der Waals surface area contributed by atoms with Crippen LogP contribution in [0.1, 0.15) is 35.6 Å². The van der Waals surface area contributed by atoms with E-state index < -0.39 is 14.9 Å². The Bertz CT molecular complexity index is 967. The number of nitro benzene ring substituents is 1. The number of ether oxygens (including phenoxy) is 1. The molecule has 1 aliphatic rings. The van der Waals surface area contributed by atoms with Crippen LogP contribution in [0.2, 0.25) is 0 Å². The van der Waals surface area contributed by atoms with E-state index in [2.05, 4.69) is 0 Å². The van der Waals surface area contributed by atoms with E-state index in [-0.39, 0.29) is 22.4 Å². The van der Waals surface area contributed by atoms with Gasteiger partial charge in [-0.3, -0.25) is 10.1 Å². The lowest BCUT2D eigenvalue weighted by molar-refractivity contribution is -0.385. The monoisotopic (exact) mass is 390 g/mol. The summed E-state index contributed by atoms with van der Waals surface area (Å²) in [6, 6.07) is 9.38. The van der Waals surface area contributed by atoms with Gasteiger partial charge in [-0.25, -0.2) is 8.42 Å². The van der Waals surface area contributed by atoms with Crippen LogP contribution in [0.5, 0.6) is 5.75 Å². The number of methoxy groups -OCH3 is 1. The second-order valence-electron chi connectivity index (χ2n) is 6.79. The summed E-state index contributed by atoms with van der Waals surface area (Å²) in [5.74, 6) is 0.103. The van der Waals surface area contributed by atoms with Crippen molar-refractivity contribution in [2.75, 3.05) is 13.7 Å². The number of sulfonamides is 1. The molecule has 0 N–H and O–H groups in total. The first kappa shape index (κ1) is 19.3. The molecule has 0 saturated carbocycles. The summed E-state index contributed by atoms with van der Waals surface area (Å²) < 4.78 is 33.3. The molecule has 1 saturated heterocycles. The molecule has 0 aliphatic carbocycles. The molecule has 1 aliphatic heterocycles. The fourth-order valence-corrected chi connectivity index (χ4v) is 5.53. The van der Waals surface area contributed by atoms with E-state index >= 15 is 0 Å². The second kappa shape index (κ2) is 7.28. The molecule has 3 rings (SSSR count). The molecule has 0 spiro atoms. The summed E-state index contributed by atoms with van der Waals surface area (Å²) in [6.07, 6.45) is 1.44. The fourth-order valence-electron chi connectivity index (χ4n) is 3.67. The summed E-state index contributed by atoms with van der Waals surface area (Å²) in [6.45, 7) is 4.33. The fraction of sp³-hybridized carbons (Fsp3) is 0.368. The minimum Gasteiger partial charge on any atom is -0.495 e. The number of rotatable bonds is 5. The van der Waals surface area contributed by atoms with Crippen LogP contribution in [-0.4, -0.2) is 31.3 Å². The molecule has 2 aromatic carbocycles. The minimum absolute atomic E-state index is 0.103. The lowest BCUT2D eigenvalue weighted by Gasteiger charge is -2.25. The van der Waals surface area contributed by atoms with Gasteiger partial charge in [0, 0.05) is 18.7 Å². The smallest absolute Gasteiger partial charge is 0.271 e. The number of hydrogen-bond donors (Lipinski definition) is 0. The van der Waals surface area contributed by atoms with E-state index in [1.165, 1.54) is 23.5 Å². The first-order chi connectivity index (χ1) is 12.7. The van der Waals surface area contributed by atoms with Gasteiger partial charge in [0.2, 0.25) is 10.0 Å². The van der Waals surface area contributed by atoms with Crippen molar-refractivity contribution in [3.05, 3.63) is 63.2 Å². The topological polar surface area (TPSA) is 89.7 Å². The van der Waals surface area contributed by atoms with Gasteiger partial charge in [0.05, 0.1) is 18.1 Å². The van der Waals surface area contributed by atoms with Crippen LogP contribution in [0.4, 0.5) is 5.69 Å². The molecule has 8 heteroatoms. The maximum Gasteiger partial charge on any atom is 0.271 e. The Balaban J connectivity index is 2.08. The van der Waals surface area contributed by atoms with E-state index in [1.807, 2.05) is 32.0 Å². The summed E-state index contributed by atoms with van der Waals surface area (Å²) >= 11 is 0. The molecule has 1 atom stereocenters. The summed E-state index contributed by atoms with van der Waals surface area (Å²) in [4.78, 5) is 10.3. The average molecular weight is 390 g/mol. The average Bonchev–Trinajstić information content (AvgIpc) is 3.11. The molecular formula is C19H22N2O5S. The maximum atomic E-state index is 13.4. The molecule has 1 unspecified atom stereocenters. The molecule has 2 aromatic rings. The lowest BCUT2D eigenvalue weighted by atomic mass is 10.0. The number of nitro groups is 1. The first-order valence-corrected chi connectivity index (χ1v) is 10.1. The van der Waals surface area contributed by atoms with Crippen molar-refractivity contribution in [3.8, 4) is 5.75 Å². The van der Waals surface area contributed by atoms with Crippen molar-refractivity contribution in [1.29, 1.82) is 0 Å². The molecule has 27 heavy (non-hydrogen) atoms. The third-order valence-electron chi connectivity index (χ3n) is 4.78. The molecule has 0 amide bonds. The predicted octanol–water partition coefficient (Wildman–Crippen LogP) is 3.75. The number of non-ortho nitro benzene ring substituents is 1. The Hall–Kier alpha value is -2.45. The van der Waals surface area contributed by atoms with Crippen molar-refractivity contribution in [2.24, 2.45) is 0 Å². The number of hydrogen-bond acceptors (Lipinski definition) is 5. The van der Waals surface area contributed by atoms with Crippen LogP contribution >= 0.6 is 0 Å². The number of nitrogens with zero attached hydrogens (tertiary/aromatic N) is 2. The predicted molar refractivity (Wildman–Crippen MR) is 101 cm³/mol. The molecular weight excluding hydrogens is 368 g/mol. The molecule has 1 heterocycles. The van der Waals surface area contributed by atoms with Crippen molar-refractivity contribution >= 4 is 15.7 Å². The van der Waals surface area contributed by atoms with Crippen LogP contribution in [0, 0.1) is 24.0 Å². The second-order valence-corrected chi connectivity index (χ2v) is 8.65. The zero-order valence-electron chi connectivity index (χ0n) is 15.5. The van der Waals surface area contributed by atoms with E-state index in [0.29, 0.717) is 13.0 Å². The highest BCUT2D eigenvalue weighted by Crippen LogP contribution is 2.40. The summed E-state index contributed by atoms with van der Waals surface area (Å²) in [7, 11) is -2.60. The van der Waals surface area contributed by atoms with Crippen LogP contribution in [0.15, 0.2) is 41.3 Å². The normalized spacial score (nSPS) is 17.8. The molecule has 144 valence electrons. The third kappa shape index (κ3) is 3.68. The van der Waals surface area contributed by atoms with E-state index in [4.69, 9.17) is 4.74 Å². The van der Waals surface area contributed by atoms with Gasteiger partial charge < -0.3 is 4.74 Å². The minimum atomic E-state index is -3.96. The van der Waals surface area contributed by atoms with E-state index in [1.54, 1.807) is 0 Å². The van der Waals surface area contributed by atoms with Gasteiger partial charge in [0.25, 0.3) is 5.69 Å². The SMILES string of the molecule is COc1ccc([N+](=O)[O-])cc1S(=O)(=O)N1CCCC1c1cc(C)cc(C)c1. The van der Waals surface area contributed by atoms with Crippen molar-refractivity contribution < 1.29 is 18.1 Å². The number of aryl methyl sites for hydroxylation is 2. The molecule has 0 aromatic heterocycles. The Morgan fingerprint density at radius 3 is 2.41 bits per heavy atom. The standard InChI is InChI=1S/C19H22N2O5S/c1-13-9-14(2)11-15(10-13)17-5-4-8-20(17)27(24,25)19-12-16(21(22)23)6-7-18(19)26-3/h6-7,9-12,17H,4-5,8H2,1-3H3. The Labute approximate surface area is 158 Å². The quantitative estimate of drug-likeness (QED) is 0.573. The lowest BCUT2D eigenvalue weighted by Crippen LogP contribution is -2.31. The van der Waals surface area contributed by atoms with Gasteiger partial charge in [-0.05, 0) is 38.3 Å². The third-order valence-corrected chi connectivity index (χ3v) is 6.71. The largest absolute Gasteiger partial charge is 0.495 e. The molecule has 7 nitrogen and oxygen atoms in total. The number of benzene rings is 2. The van der Waals surface area contributed by atoms with Crippen molar-refractivity contribution in [2.45, 2.75) is 37.6 Å². The highest BCUT2D eigenvalue weighted by molar-refractivity contribution is 7.89. The zero-order chi connectivity index (χ0) is 19.8. The molecule has 0 radical (unpaired) electrons. The molecule has 0 bridgehead atoms. The van der Waals surface area contributed by atoms with E-state index in [0.717, 1.165) is 29.2 Å². The zero-order valence-corrected chi connectivity index (χ0v) is 16.3. The van der Waals surface area contributed by atoms with Gasteiger partial charge >= 0.3 is 0 Å². The van der Waals surface area contributed by atoms with Gasteiger partial charge in [-0.2, -0.15) is 4.31 Å². The first-order valence-electron chi connectivity index (χ1n) is 8.66. The van der Waals surface area contributed by atoms with E-state index in [9.17, 15) is 18.5 Å². The van der Waals surface area contributed by atoms with Gasteiger partial charge in [-0.15, -0.1) is 0 Å². The van der Waals surface area contributed by atoms with Gasteiger partial charge in [-0.1, -0.05) is 29.3 Å². The molecule has 1 fully saturated rings. The highest BCUT2D eigenvalue weighted by Gasteiger charge is 2.38. The Morgan fingerprint density at radius 1 is 1.15 bits per heavy atom. The van der Waals surface area contributed by atoms with Gasteiger partial charge in [0.15, 0.2) is 0 Å². The van der Waals surface area contributed by atoms with Crippen LogP contribution in [0.25, 0.3) is 0 Å². The van der Waals surface area contributed by atoms with Crippen LogP contribution < -0.4 is 4.74 Å². The van der Waals surface area contributed by atoms with Gasteiger partial charge in [0.1, 0.15) is 10.6 Å². The van der Waals surface area contributed by atoms with Crippen molar-refractivity contribution in [3.63, 3.8) is 0 Å². The highest BCUT2D eigenvalue weighted by atomic mass is 32.2.